The molecule has 1 amide bonds. The number of nitrogens with one attached hydrogen (secondary N) is 3. The summed E-state index contributed by atoms with van der Waals surface area (Å²) in [5.41, 5.74) is 7.93. The lowest BCUT2D eigenvalue weighted by Gasteiger charge is -2.39. The van der Waals surface area contributed by atoms with Gasteiger partial charge >= 0.3 is 0 Å². The SMILES string of the molecule is C[C@@H](N)C1(C)CCC(C(=O)Nc2ccncc2)CC1.Cc1cncc2cccc(S(=O)(=O)N3CCCNC[C@@H]3C)c12.O=S(=O)(c1cccc2cnccc12)N1CCCNCC1. The molecule has 14 nitrogen and oxygen atoms in total. The standard InChI is InChI=1S/C16H21N3O2S.C15H23N3O.C14H17N3O2S/c1-12-9-18-11-14-5-3-6-15(16(12)14)22(20,21)19-8-4-7-17-10-13(19)2;1-11(16)15(2)7-3-12(4-8-15)14(19)18-13-5-9-17-10-6-13;18-20(19,17-9-2-6-15-8-10-17)14-4-1-3-12-11-16-7-5-13(12)14/h3,5-6,9,11,13,17H,4,7-8,10H2,1-2H3;5-6,9-12H,3-4,7-8,16H2,1-2H3,(H,17,18,19);1,3-5,7,11,15H,2,6,8-10H2/t13-;11-,12?,15?;/m01./s1. The number of rotatable bonds is 7. The molecule has 3 aliphatic rings. The molecule has 16 heteroatoms. The van der Waals surface area contributed by atoms with E-state index in [1.807, 2.05) is 38.1 Å². The van der Waals surface area contributed by atoms with Crippen LogP contribution in [0.4, 0.5) is 5.69 Å². The van der Waals surface area contributed by atoms with Crippen LogP contribution in [0.3, 0.4) is 0 Å². The number of anilines is 1. The quantitative estimate of drug-likeness (QED) is 0.157. The number of amides is 1. The Bertz CT molecular complexity index is 2440. The van der Waals surface area contributed by atoms with E-state index < -0.39 is 20.0 Å². The predicted molar refractivity (Wildman–Crippen MR) is 242 cm³/mol. The van der Waals surface area contributed by atoms with Crippen LogP contribution in [-0.4, -0.2) is 104 Å². The molecule has 328 valence electrons. The van der Waals surface area contributed by atoms with Gasteiger partial charge in [0.2, 0.25) is 26.0 Å². The minimum atomic E-state index is -3.52. The lowest BCUT2D eigenvalue weighted by Crippen LogP contribution is -2.41. The smallest absolute Gasteiger partial charge is 0.243 e. The molecular weight excluding hydrogens is 811 g/mol. The summed E-state index contributed by atoms with van der Waals surface area (Å²) in [7, 11) is -6.96. The van der Waals surface area contributed by atoms with Crippen molar-refractivity contribution in [1.29, 1.82) is 0 Å². The highest BCUT2D eigenvalue weighted by Crippen LogP contribution is 2.41. The Morgan fingerprint density at radius 1 is 0.803 bits per heavy atom. The number of sulfonamides is 2. The number of fused-ring (bicyclic) bond motifs is 2. The van der Waals surface area contributed by atoms with E-state index in [4.69, 9.17) is 5.73 Å². The van der Waals surface area contributed by atoms with Gasteiger partial charge in [0.1, 0.15) is 0 Å². The fourth-order valence-electron chi connectivity index (χ4n) is 8.26. The van der Waals surface area contributed by atoms with Crippen LogP contribution in [0.5, 0.6) is 0 Å². The molecule has 2 aromatic carbocycles. The minimum Gasteiger partial charge on any atom is -0.327 e. The number of nitrogens with zero attached hydrogens (tertiary/aromatic N) is 5. The van der Waals surface area contributed by atoms with Gasteiger partial charge < -0.3 is 21.7 Å². The maximum atomic E-state index is 13.2. The van der Waals surface area contributed by atoms with Crippen LogP contribution < -0.4 is 21.7 Å². The van der Waals surface area contributed by atoms with Crippen LogP contribution in [-0.2, 0) is 24.8 Å². The molecule has 0 radical (unpaired) electrons. The van der Waals surface area contributed by atoms with Gasteiger partial charge in [-0.3, -0.25) is 19.7 Å². The van der Waals surface area contributed by atoms with Gasteiger partial charge in [-0.1, -0.05) is 31.2 Å². The molecule has 2 aliphatic heterocycles. The molecule has 0 spiro atoms. The molecule has 5 aromatic rings. The Hall–Kier alpha value is -4.42. The zero-order valence-electron chi connectivity index (χ0n) is 35.8. The van der Waals surface area contributed by atoms with E-state index in [0.717, 1.165) is 84.4 Å². The van der Waals surface area contributed by atoms with Crippen molar-refractivity contribution in [3.63, 3.8) is 0 Å². The van der Waals surface area contributed by atoms with E-state index in [1.165, 1.54) is 0 Å². The van der Waals surface area contributed by atoms with E-state index in [0.29, 0.717) is 42.5 Å². The van der Waals surface area contributed by atoms with E-state index in [1.54, 1.807) is 76.1 Å². The Kier molecular flexibility index (Phi) is 15.6. The summed E-state index contributed by atoms with van der Waals surface area (Å²) in [5, 5.41) is 12.7. The molecule has 0 bridgehead atoms. The first-order valence-corrected chi connectivity index (χ1v) is 24.2. The Balaban J connectivity index is 0.000000154. The van der Waals surface area contributed by atoms with Gasteiger partial charge in [0.05, 0.1) is 9.79 Å². The predicted octanol–water partition coefficient (Wildman–Crippen LogP) is 5.70. The number of nitrogens with two attached hydrogens (primary N) is 1. The number of hydrogen-bond acceptors (Lipinski definition) is 11. The van der Waals surface area contributed by atoms with Gasteiger partial charge in [0.25, 0.3) is 0 Å². The summed E-state index contributed by atoms with van der Waals surface area (Å²) in [6.45, 7) is 12.9. The molecule has 2 saturated heterocycles. The van der Waals surface area contributed by atoms with Gasteiger partial charge in [-0.05, 0) is 114 Å². The van der Waals surface area contributed by atoms with Gasteiger partial charge in [-0.15, -0.1) is 0 Å². The Labute approximate surface area is 361 Å². The molecule has 61 heavy (non-hydrogen) atoms. The van der Waals surface area contributed by atoms with Crippen molar-refractivity contribution in [1.82, 2.24) is 34.2 Å². The van der Waals surface area contributed by atoms with Gasteiger partial charge in [0.15, 0.2) is 0 Å². The van der Waals surface area contributed by atoms with E-state index in [-0.39, 0.29) is 29.3 Å². The lowest BCUT2D eigenvalue weighted by atomic mass is 9.68. The molecule has 1 aliphatic carbocycles. The van der Waals surface area contributed by atoms with Crippen LogP contribution in [0.15, 0.2) is 102 Å². The van der Waals surface area contributed by atoms with Crippen molar-refractivity contribution in [2.75, 3.05) is 51.1 Å². The van der Waals surface area contributed by atoms with Gasteiger partial charge in [-0.2, -0.15) is 8.61 Å². The third kappa shape index (κ3) is 11.2. The van der Waals surface area contributed by atoms with Crippen molar-refractivity contribution >= 4 is 53.2 Å². The Morgan fingerprint density at radius 2 is 1.46 bits per heavy atom. The van der Waals surface area contributed by atoms with Gasteiger partial charge in [-0.25, -0.2) is 16.8 Å². The van der Waals surface area contributed by atoms with Crippen LogP contribution in [0.25, 0.3) is 21.5 Å². The highest BCUT2D eigenvalue weighted by Gasteiger charge is 2.36. The maximum absolute atomic E-state index is 13.2. The summed E-state index contributed by atoms with van der Waals surface area (Å²) in [4.78, 5) is 25.1. The molecule has 5 N–H and O–H groups in total. The number of carbonyl (C=O) groups excluding carboxylic acids is 1. The number of hydrogen-bond donors (Lipinski definition) is 4. The number of benzene rings is 2. The summed E-state index contributed by atoms with van der Waals surface area (Å²) in [5.74, 6) is 0.234. The van der Waals surface area contributed by atoms with Crippen molar-refractivity contribution in [3.05, 3.63) is 97.3 Å². The average molecular weight is 872 g/mol. The molecule has 1 saturated carbocycles. The second-order valence-electron chi connectivity index (χ2n) is 16.6. The number of aromatic nitrogens is 3. The third-order valence-corrected chi connectivity index (χ3v) is 16.3. The highest BCUT2D eigenvalue weighted by atomic mass is 32.2. The van der Waals surface area contributed by atoms with Crippen molar-refractivity contribution in [2.45, 2.75) is 88.1 Å². The fraction of sp³-hybridized carbons (Fsp3) is 0.467. The van der Waals surface area contributed by atoms with Gasteiger partial charge in [0, 0.05) is 115 Å². The normalized spacial score (nSPS) is 22.4. The van der Waals surface area contributed by atoms with E-state index in [2.05, 4.69) is 44.7 Å². The lowest BCUT2D eigenvalue weighted by molar-refractivity contribution is -0.121. The number of pyridine rings is 3. The second-order valence-corrected chi connectivity index (χ2v) is 20.4. The number of aryl methyl sites for hydroxylation is 1. The first-order chi connectivity index (χ1) is 29.2. The molecule has 3 aromatic heterocycles. The van der Waals surface area contributed by atoms with E-state index in [9.17, 15) is 21.6 Å². The fourth-order valence-corrected chi connectivity index (χ4v) is 11.9. The van der Waals surface area contributed by atoms with Crippen molar-refractivity contribution in [2.24, 2.45) is 17.1 Å². The first kappa shape index (κ1) is 46.1. The van der Waals surface area contributed by atoms with Crippen LogP contribution >= 0.6 is 0 Å². The molecule has 2 atom stereocenters. The summed E-state index contributed by atoms with van der Waals surface area (Å²) >= 11 is 0. The summed E-state index contributed by atoms with van der Waals surface area (Å²) < 4.78 is 55.3. The van der Waals surface area contributed by atoms with Crippen LogP contribution in [0.1, 0.15) is 64.9 Å². The summed E-state index contributed by atoms with van der Waals surface area (Å²) in [6.07, 6.45) is 15.7. The van der Waals surface area contributed by atoms with Crippen LogP contribution in [0, 0.1) is 18.3 Å². The summed E-state index contributed by atoms with van der Waals surface area (Å²) in [6, 6.07) is 16.3. The number of carbonyl (C=O) groups is 1. The zero-order valence-corrected chi connectivity index (χ0v) is 37.4. The van der Waals surface area contributed by atoms with Crippen molar-refractivity contribution in [3.8, 4) is 0 Å². The van der Waals surface area contributed by atoms with Crippen molar-refractivity contribution < 1.29 is 21.6 Å². The molecule has 8 rings (SSSR count). The molecule has 0 unspecified atom stereocenters. The molecule has 3 fully saturated rings. The Morgan fingerprint density at radius 3 is 2.20 bits per heavy atom. The average Bonchev–Trinajstić information content (AvgIpc) is 3.68. The third-order valence-electron chi connectivity index (χ3n) is 12.3. The van der Waals surface area contributed by atoms with Crippen LogP contribution in [0.2, 0.25) is 0 Å². The minimum absolute atomic E-state index is 0.0510. The monoisotopic (exact) mass is 871 g/mol. The first-order valence-electron chi connectivity index (χ1n) is 21.3. The molecular formula is C45H61N9O5S2. The maximum Gasteiger partial charge on any atom is 0.243 e. The highest BCUT2D eigenvalue weighted by molar-refractivity contribution is 7.89. The second kappa shape index (κ2) is 20.6. The van der Waals surface area contributed by atoms with E-state index >= 15 is 0 Å². The zero-order chi connectivity index (χ0) is 43.6. The topological polar surface area (TPSA) is 193 Å². The molecule has 5 heterocycles. The largest absolute Gasteiger partial charge is 0.327 e.